The van der Waals surface area contributed by atoms with Gasteiger partial charge in [0.2, 0.25) is 0 Å². The summed E-state index contributed by atoms with van der Waals surface area (Å²) in [6, 6.07) is 0. The van der Waals surface area contributed by atoms with Crippen molar-refractivity contribution in [1.82, 2.24) is 4.90 Å². The van der Waals surface area contributed by atoms with Crippen LogP contribution in [0.3, 0.4) is 0 Å². The number of aliphatic hydroxyl groups excluding tert-OH is 1. The van der Waals surface area contributed by atoms with Crippen LogP contribution < -0.4 is 5.73 Å². The zero-order valence-electron chi connectivity index (χ0n) is 8.56. The largest absolute Gasteiger partial charge is 0.409 e. The first-order valence-electron chi connectivity index (χ1n) is 5.00. The van der Waals surface area contributed by atoms with E-state index in [0.29, 0.717) is 12.5 Å². The van der Waals surface area contributed by atoms with E-state index in [2.05, 4.69) is 10.1 Å². The fourth-order valence-electron chi connectivity index (χ4n) is 1.89. The summed E-state index contributed by atoms with van der Waals surface area (Å²) >= 11 is 0. The summed E-state index contributed by atoms with van der Waals surface area (Å²) in [5, 5.41) is 20.8. The van der Waals surface area contributed by atoms with Gasteiger partial charge in [0.25, 0.3) is 0 Å². The lowest BCUT2D eigenvalue weighted by Crippen LogP contribution is -2.43. The van der Waals surface area contributed by atoms with Crippen LogP contribution in [0.15, 0.2) is 5.16 Å². The minimum Gasteiger partial charge on any atom is -0.409 e. The summed E-state index contributed by atoms with van der Waals surface area (Å²) in [6.45, 7) is 4.09. The van der Waals surface area contributed by atoms with Crippen molar-refractivity contribution in [3.63, 3.8) is 0 Å². The predicted molar refractivity (Wildman–Crippen MR) is 54.3 cm³/mol. The summed E-state index contributed by atoms with van der Waals surface area (Å²) in [7, 11) is 0. The standard InChI is InChI=1S/C9H19N3O2/c1-7(13)8-3-2-4-12(5-8)6-9(10)11-14/h7-8,13-14H,2-6H2,1H3,(H2,10,11)/t7-,8+/m1/s1. The second-order valence-electron chi connectivity index (χ2n) is 3.97. The monoisotopic (exact) mass is 201 g/mol. The van der Waals surface area contributed by atoms with Crippen LogP contribution in [-0.4, -0.2) is 46.8 Å². The van der Waals surface area contributed by atoms with E-state index in [-0.39, 0.29) is 11.9 Å². The number of aliphatic hydroxyl groups is 1. The van der Waals surface area contributed by atoms with Crippen LogP contribution in [0.1, 0.15) is 19.8 Å². The van der Waals surface area contributed by atoms with E-state index < -0.39 is 0 Å². The number of likely N-dealkylation sites (tertiary alicyclic amines) is 1. The summed E-state index contributed by atoms with van der Waals surface area (Å²) < 4.78 is 0. The molecular formula is C9H19N3O2. The molecule has 0 aromatic rings. The van der Waals surface area contributed by atoms with Crippen LogP contribution >= 0.6 is 0 Å². The number of amidine groups is 1. The van der Waals surface area contributed by atoms with Gasteiger partial charge in [-0.15, -0.1) is 0 Å². The number of hydrogen-bond acceptors (Lipinski definition) is 4. The molecule has 5 heteroatoms. The van der Waals surface area contributed by atoms with Crippen molar-refractivity contribution in [1.29, 1.82) is 0 Å². The number of piperidine rings is 1. The van der Waals surface area contributed by atoms with E-state index in [0.717, 1.165) is 25.9 Å². The average molecular weight is 201 g/mol. The molecule has 0 amide bonds. The van der Waals surface area contributed by atoms with Crippen molar-refractivity contribution in [3.05, 3.63) is 0 Å². The van der Waals surface area contributed by atoms with Crippen LogP contribution in [0.25, 0.3) is 0 Å². The van der Waals surface area contributed by atoms with Gasteiger partial charge in [0.05, 0.1) is 12.6 Å². The molecule has 1 heterocycles. The van der Waals surface area contributed by atoms with Gasteiger partial charge in [-0.3, -0.25) is 4.90 Å². The van der Waals surface area contributed by atoms with Gasteiger partial charge in [0, 0.05) is 6.54 Å². The van der Waals surface area contributed by atoms with Crippen molar-refractivity contribution >= 4 is 5.84 Å². The van der Waals surface area contributed by atoms with E-state index in [9.17, 15) is 5.11 Å². The Balaban J connectivity index is 2.40. The van der Waals surface area contributed by atoms with E-state index in [1.54, 1.807) is 0 Å². The van der Waals surface area contributed by atoms with E-state index in [4.69, 9.17) is 10.9 Å². The maximum Gasteiger partial charge on any atom is 0.153 e. The van der Waals surface area contributed by atoms with Crippen molar-refractivity contribution < 1.29 is 10.3 Å². The topological polar surface area (TPSA) is 82.1 Å². The van der Waals surface area contributed by atoms with E-state index >= 15 is 0 Å². The minimum absolute atomic E-state index is 0.233. The van der Waals surface area contributed by atoms with Crippen LogP contribution in [0.2, 0.25) is 0 Å². The molecule has 14 heavy (non-hydrogen) atoms. The van der Waals surface area contributed by atoms with Crippen LogP contribution in [0.4, 0.5) is 0 Å². The molecule has 1 rings (SSSR count). The lowest BCUT2D eigenvalue weighted by atomic mass is 9.93. The molecule has 0 aromatic heterocycles. The summed E-state index contributed by atoms with van der Waals surface area (Å²) in [6.07, 6.45) is 1.85. The van der Waals surface area contributed by atoms with Crippen molar-refractivity contribution in [2.45, 2.75) is 25.9 Å². The molecule has 0 radical (unpaired) electrons. The Morgan fingerprint density at radius 3 is 3.00 bits per heavy atom. The molecule has 1 saturated heterocycles. The van der Waals surface area contributed by atoms with Crippen molar-refractivity contribution in [3.8, 4) is 0 Å². The molecule has 2 atom stereocenters. The SMILES string of the molecule is C[C@@H](O)[C@H]1CCCN(CC(N)=NO)C1. The number of rotatable bonds is 3. The molecule has 1 aliphatic rings. The van der Waals surface area contributed by atoms with Crippen LogP contribution in [-0.2, 0) is 0 Å². The highest BCUT2D eigenvalue weighted by Crippen LogP contribution is 2.19. The Morgan fingerprint density at radius 2 is 2.43 bits per heavy atom. The van der Waals surface area contributed by atoms with Crippen LogP contribution in [0, 0.1) is 5.92 Å². The number of nitrogens with two attached hydrogens (primary N) is 1. The summed E-state index contributed by atoms with van der Waals surface area (Å²) in [4.78, 5) is 2.11. The first-order chi connectivity index (χ1) is 6.63. The van der Waals surface area contributed by atoms with E-state index in [1.807, 2.05) is 6.92 Å². The van der Waals surface area contributed by atoms with Crippen molar-refractivity contribution in [2.24, 2.45) is 16.8 Å². The minimum atomic E-state index is -0.273. The van der Waals surface area contributed by atoms with Gasteiger partial charge < -0.3 is 16.0 Å². The molecule has 4 N–H and O–H groups in total. The fraction of sp³-hybridized carbons (Fsp3) is 0.889. The lowest BCUT2D eigenvalue weighted by molar-refractivity contribution is 0.0686. The zero-order chi connectivity index (χ0) is 10.6. The molecule has 1 aliphatic heterocycles. The maximum atomic E-state index is 9.45. The third-order valence-electron chi connectivity index (χ3n) is 2.74. The molecular weight excluding hydrogens is 182 g/mol. The third kappa shape index (κ3) is 3.16. The first-order valence-corrected chi connectivity index (χ1v) is 5.00. The summed E-state index contributed by atoms with van der Waals surface area (Å²) in [5.41, 5.74) is 5.42. The average Bonchev–Trinajstić information content (AvgIpc) is 2.18. The third-order valence-corrected chi connectivity index (χ3v) is 2.74. The molecule has 0 spiro atoms. The molecule has 82 valence electrons. The molecule has 0 unspecified atom stereocenters. The number of oxime groups is 1. The quantitative estimate of drug-likeness (QED) is 0.256. The Labute approximate surface area is 84.2 Å². The van der Waals surface area contributed by atoms with Gasteiger partial charge in [0.15, 0.2) is 5.84 Å². The fourth-order valence-corrected chi connectivity index (χ4v) is 1.89. The van der Waals surface area contributed by atoms with Gasteiger partial charge in [-0.05, 0) is 32.2 Å². The van der Waals surface area contributed by atoms with Gasteiger partial charge in [-0.2, -0.15) is 0 Å². The highest BCUT2D eigenvalue weighted by Gasteiger charge is 2.23. The molecule has 1 fully saturated rings. The Kier molecular flexibility index (Phi) is 4.16. The highest BCUT2D eigenvalue weighted by atomic mass is 16.4. The second-order valence-corrected chi connectivity index (χ2v) is 3.97. The lowest BCUT2D eigenvalue weighted by Gasteiger charge is -2.33. The van der Waals surface area contributed by atoms with E-state index in [1.165, 1.54) is 0 Å². The Hall–Kier alpha value is -0.810. The first kappa shape index (κ1) is 11.3. The number of hydrogen-bond donors (Lipinski definition) is 3. The molecule has 0 bridgehead atoms. The normalized spacial score (nSPS) is 27.6. The van der Waals surface area contributed by atoms with Gasteiger partial charge >= 0.3 is 0 Å². The van der Waals surface area contributed by atoms with Crippen molar-refractivity contribution in [2.75, 3.05) is 19.6 Å². The molecule has 0 saturated carbocycles. The summed E-state index contributed by atoms with van der Waals surface area (Å²) in [5.74, 6) is 0.548. The molecule has 5 nitrogen and oxygen atoms in total. The van der Waals surface area contributed by atoms with Gasteiger partial charge in [-0.25, -0.2) is 0 Å². The van der Waals surface area contributed by atoms with Gasteiger partial charge in [-0.1, -0.05) is 5.16 Å². The van der Waals surface area contributed by atoms with Gasteiger partial charge in [0.1, 0.15) is 0 Å². The smallest absolute Gasteiger partial charge is 0.153 e. The second kappa shape index (κ2) is 5.17. The predicted octanol–water partition coefficient (Wildman–Crippen LogP) is -0.174. The Morgan fingerprint density at radius 1 is 1.71 bits per heavy atom. The Bertz CT molecular complexity index is 206. The highest BCUT2D eigenvalue weighted by molar-refractivity contribution is 5.81. The number of nitrogens with zero attached hydrogens (tertiary/aromatic N) is 2. The zero-order valence-corrected chi connectivity index (χ0v) is 8.56. The van der Waals surface area contributed by atoms with Crippen LogP contribution in [0.5, 0.6) is 0 Å². The molecule has 0 aromatic carbocycles. The molecule has 0 aliphatic carbocycles. The maximum absolute atomic E-state index is 9.45.